The number of aromatic nitrogens is 1. The van der Waals surface area contributed by atoms with E-state index < -0.39 is 27.6 Å². The molecule has 2 aliphatic rings. The fourth-order valence-corrected chi connectivity index (χ4v) is 8.89. The minimum atomic E-state index is -3.76. The molecule has 1 aromatic heterocycles. The van der Waals surface area contributed by atoms with Crippen LogP contribution < -0.4 is 5.32 Å². The summed E-state index contributed by atoms with van der Waals surface area (Å²) < 4.78 is 25.2. The smallest absolute Gasteiger partial charge is 0.241 e. The number of thiazole rings is 1. The Morgan fingerprint density at radius 1 is 1.34 bits per heavy atom. The van der Waals surface area contributed by atoms with Crippen LogP contribution in [0.25, 0.3) is 0 Å². The highest BCUT2D eigenvalue weighted by molar-refractivity contribution is 7.92. The van der Waals surface area contributed by atoms with Gasteiger partial charge < -0.3 is 15.3 Å². The summed E-state index contributed by atoms with van der Waals surface area (Å²) in [5.74, 6) is -1.92. The third kappa shape index (κ3) is 5.44. The summed E-state index contributed by atoms with van der Waals surface area (Å²) in [6.45, 7) is 10.3. The molecule has 6 atom stereocenters. The molecule has 0 radical (unpaired) electrons. The Labute approximate surface area is 229 Å². The van der Waals surface area contributed by atoms with E-state index in [0.717, 1.165) is 29.8 Å². The van der Waals surface area contributed by atoms with E-state index >= 15 is 0 Å². The highest BCUT2D eigenvalue weighted by Gasteiger charge is 2.54. The zero-order valence-electron chi connectivity index (χ0n) is 22.4. The van der Waals surface area contributed by atoms with Crippen LogP contribution in [0.1, 0.15) is 50.1 Å². The number of nitrogens with one attached hydrogen (secondary N) is 1. The molecular weight excluding hydrogens is 522 g/mol. The molecule has 8 nitrogen and oxygen atoms in total. The van der Waals surface area contributed by atoms with Gasteiger partial charge in [0.15, 0.2) is 15.0 Å². The van der Waals surface area contributed by atoms with Gasteiger partial charge in [-0.25, -0.2) is 13.4 Å². The lowest BCUT2D eigenvalue weighted by Gasteiger charge is -2.53. The van der Waals surface area contributed by atoms with E-state index in [1.54, 1.807) is 36.2 Å². The number of carbonyl (C=O) groups excluding carboxylic acids is 2. The SMILES string of the molecule is C=CCN(C)C(=O)C(C)C1CCC2(C)Cc3sc(NC(=O)CS(=O)(=O)c4ccccc4)nc3C(C)C2C1O. The summed E-state index contributed by atoms with van der Waals surface area (Å²) in [5.41, 5.74) is 0.670. The zero-order valence-corrected chi connectivity index (χ0v) is 24.0. The van der Waals surface area contributed by atoms with Crippen molar-refractivity contribution in [3.63, 3.8) is 0 Å². The van der Waals surface area contributed by atoms with E-state index in [2.05, 4.69) is 23.8 Å². The van der Waals surface area contributed by atoms with Crippen LogP contribution in [-0.4, -0.2) is 60.7 Å². The fourth-order valence-electron chi connectivity index (χ4n) is 6.45. The van der Waals surface area contributed by atoms with Gasteiger partial charge in [0.05, 0.1) is 16.7 Å². The first kappa shape index (κ1) is 28.4. The Balaban J connectivity index is 1.50. The van der Waals surface area contributed by atoms with Gasteiger partial charge in [-0.05, 0) is 48.6 Å². The maximum absolute atomic E-state index is 13.0. The molecule has 4 rings (SSSR count). The lowest BCUT2D eigenvalue weighted by molar-refractivity contribution is -0.143. The molecule has 1 aromatic carbocycles. The largest absolute Gasteiger partial charge is 0.392 e. The van der Waals surface area contributed by atoms with Crippen molar-refractivity contribution in [3.05, 3.63) is 53.6 Å². The topological polar surface area (TPSA) is 117 Å². The van der Waals surface area contributed by atoms with Crippen molar-refractivity contribution in [1.29, 1.82) is 0 Å². The van der Waals surface area contributed by atoms with E-state index in [1.165, 1.54) is 23.5 Å². The number of sulfone groups is 1. The van der Waals surface area contributed by atoms with Crippen LogP contribution in [0, 0.1) is 23.2 Å². The quantitative estimate of drug-likeness (QED) is 0.474. The van der Waals surface area contributed by atoms with Gasteiger partial charge in [0.1, 0.15) is 5.75 Å². The number of rotatable bonds is 8. The third-order valence-electron chi connectivity index (χ3n) is 8.40. The molecule has 0 aliphatic heterocycles. The number of nitrogens with zero attached hydrogens (tertiary/aromatic N) is 2. The van der Waals surface area contributed by atoms with Crippen molar-refractivity contribution in [1.82, 2.24) is 9.88 Å². The normalized spacial score (nSPS) is 27.5. The summed E-state index contributed by atoms with van der Waals surface area (Å²) >= 11 is 1.38. The van der Waals surface area contributed by atoms with Gasteiger partial charge in [0.25, 0.3) is 0 Å². The van der Waals surface area contributed by atoms with Gasteiger partial charge in [-0.1, -0.05) is 45.0 Å². The molecular formula is C28H37N3O5S2. The van der Waals surface area contributed by atoms with Crippen LogP contribution in [0.15, 0.2) is 47.9 Å². The second-order valence-corrected chi connectivity index (χ2v) is 14.2. The van der Waals surface area contributed by atoms with Crippen molar-refractivity contribution in [2.75, 3.05) is 24.7 Å². The van der Waals surface area contributed by atoms with Crippen LogP contribution in [-0.2, 0) is 25.8 Å². The van der Waals surface area contributed by atoms with Gasteiger partial charge in [0.2, 0.25) is 11.8 Å². The molecule has 1 heterocycles. The minimum absolute atomic E-state index is 0.00539. The van der Waals surface area contributed by atoms with E-state index in [1.807, 2.05) is 13.8 Å². The maximum atomic E-state index is 13.0. The monoisotopic (exact) mass is 559 g/mol. The minimum Gasteiger partial charge on any atom is -0.392 e. The zero-order chi connectivity index (χ0) is 27.8. The van der Waals surface area contributed by atoms with Crippen LogP contribution in [0.3, 0.4) is 0 Å². The first-order valence-electron chi connectivity index (χ1n) is 13.0. The van der Waals surface area contributed by atoms with Gasteiger partial charge in [-0.15, -0.1) is 17.9 Å². The van der Waals surface area contributed by atoms with Crippen molar-refractivity contribution < 1.29 is 23.1 Å². The summed E-state index contributed by atoms with van der Waals surface area (Å²) in [6.07, 6.45) is 3.38. The molecule has 10 heteroatoms. The Morgan fingerprint density at radius 2 is 2.03 bits per heavy atom. The maximum Gasteiger partial charge on any atom is 0.241 e. The number of likely N-dealkylation sites (N-methyl/N-ethyl adjacent to an activating group) is 1. The number of amides is 2. The molecule has 0 spiro atoms. The highest BCUT2D eigenvalue weighted by atomic mass is 32.2. The molecule has 0 bridgehead atoms. The van der Waals surface area contributed by atoms with Crippen LogP contribution in [0.5, 0.6) is 0 Å². The first-order chi connectivity index (χ1) is 17.9. The lowest BCUT2D eigenvalue weighted by atomic mass is 9.53. The summed E-state index contributed by atoms with van der Waals surface area (Å²) in [5, 5.41) is 14.7. The summed E-state index contributed by atoms with van der Waals surface area (Å²) in [6, 6.07) is 7.91. The highest BCUT2D eigenvalue weighted by Crippen LogP contribution is 2.57. The van der Waals surface area contributed by atoms with Crippen molar-refractivity contribution in [2.24, 2.45) is 23.2 Å². The summed E-state index contributed by atoms with van der Waals surface area (Å²) in [4.78, 5) is 33.1. The van der Waals surface area contributed by atoms with E-state index in [9.17, 15) is 23.1 Å². The number of aliphatic hydroxyl groups is 1. The average Bonchev–Trinajstić information content (AvgIpc) is 3.25. The Bertz CT molecular complexity index is 1310. The fraction of sp³-hybridized carbons (Fsp3) is 0.536. The molecule has 1 saturated carbocycles. The van der Waals surface area contributed by atoms with Crippen molar-refractivity contribution in [2.45, 2.75) is 57.0 Å². The number of benzene rings is 1. The third-order valence-corrected chi connectivity index (χ3v) is 11.0. The second-order valence-electron chi connectivity index (χ2n) is 11.1. The molecule has 0 saturated heterocycles. The number of aliphatic hydroxyl groups excluding tert-OH is 1. The second kappa shape index (κ2) is 10.9. The molecule has 38 heavy (non-hydrogen) atoms. The molecule has 2 amide bonds. The van der Waals surface area contributed by atoms with Gasteiger partial charge in [0, 0.05) is 30.3 Å². The van der Waals surface area contributed by atoms with Crippen molar-refractivity contribution >= 4 is 38.1 Å². The first-order valence-corrected chi connectivity index (χ1v) is 15.5. The molecule has 1 fully saturated rings. The Kier molecular flexibility index (Phi) is 8.16. The average molecular weight is 560 g/mol. The molecule has 2 aromatic rings. The van der Waals surface area contributed by atoms with Crippen LogP contribution in [0.4, 0.5) is 5.13 Å². The van der Waals surface area contributed by atoms with Crippen LogP contribution in [0.2, 0.25) is 0 Å². The summed E-state index contributed by atoms with van der Waals surface area (Å²) in [7, 11) is -2.01. The van der Waals surface area contributed by atoms with Gasteiger partial charge in [-0.3, -0.25) is 9.59 Å². The van der Waals surface area contributed by atoms with Gasteiger partial charge in [-0.2, -0.15) is 0 Å². The Hall–Kier alpha value is -2.56. The Morgan fingerprint density at radius 3 is 2.68 bits per heavy atom. The number of hydrogen-bond donors (Lipinski definition) is 2. The van der Waals surface area contributed by atoms with Crippen LogP contribution >= 0.6 is 11.3 Å². The molecule has 2 aliphatic carbocycles. The lowest BCUT2D eigenvalue weighted by Crippen LogP contribution is -2.53. The number of anilines is 1. The van der Waals surface area contributed by atoms with E-state index in [-0.39, 0.29) is 39.9 Å². The van der Waals surface area contributed by atoms with Gasteiger partial charge >= 0.3 is 0 Å². The number of fused-ring (bicyclic) bond motifs is 2. The molecule has 6 unspecified atom stereocenters. The standard InChI is InChI=1S/C28H37N3O5S2/c1-6-14-31(5)26(34)17(2)20-12-13-28(4)15-21-24(18(3)23(28)25(20)33)30-27(37-21)29-22(32)16-38(35,36)19-10-8-7-9-11-19/h6-11,17-18,20,23,25,33H,1,12-16H2,2-5H3,(H,29,30,32). The van der Waals surface area contributed by atoms with E-state index in [0.29, 0.717) is 11.7 Å². The predicted octanol–water partition coefficient (Wildman–Crippen LogP) is 3.89. The molecule has 206 valence electrons. The van der Waals surface area contributed by atoms with Crippen molar-refractivity contribution in [3.8, 4) is 0 Å². The number of carbonyl (C=O) groups is 2. The predicted molar refractivity (Wildman–Crippen MR) is 149 cm³/mol. The molecule has 2 N–H and O–H groups in total. The number of hydrogen-bond acceptors (Lipinski definition) is 7. The van der Waals surface area contributed by atoms with E-state index in [4.69, 9.17) is 0 Å².